The second kappa shape index (κ2) is 4.22. The van der Waals surface area contributed by atoms with Crippen LogP contribution in [0.2, 0.25) is 5.02 Å². The molecule has 1 heterocycles. The van der Waals surface area contributed by atoms with Gasteiger partial charge in [0.25, 0.3) is 0 Å². The van der Waals surface area contributed by atoms with Crippen LogP contribution in [0.15, 0.2) is 22.7 Å². The van der Waals surface area contributed by atoms with Crippen molar-refractivity contribution in [3.63, 3.8) is 0 Å². The molecule has 0 nitrogen and oxygen atoms in total. The zero-order chi connectivity index (χ0) is 13.0. The molecule has 0 saturated heterocycles. The molecule has 0 bridgehead atoms. The van der Waals surface area contributed by atoms with E-state index >= 15 is 0 Å². The molecule has 0 radical (unpaired) electrons. The van der Waals surface area contributed by atoms with Gasteiger partial charge < -0.3 is 0 Å². The fourth-order valence-electron chi connectivity index (χ4n) is 2.39. The van der Waals surface area contributed by atoms with Crippen LogP contribution in [0.25, 0.3) is 20.2 Å². The summed E-state index contributed by atoms with van der Waals surface area (Å²) < 4.78 is 3.83. The fourth-order valence-corrected chi connectivity index (χ4v) is 4.34. The maximum Gasteiger partial charge on any atom is 0.0478 e. The standard InChI is InChI=1S/C15H12BrClS/c1-7-6-11-10-4-5-12(16)8(2)14(10)18-15(11)9(3)13(7)17/h4-6H,1-3H3. The molecule has 0 fully saturated rings. The third kappa shape index (κ3) is 1.63. The molecule has 0 unspecified atom stereocenters. The molecular weight excluding hydrogens is 328 g/mol. The number of benzene rings is 2. The average molecular weight is 340 g/mol. The molecule has 1 aromatic heterocycles. The van der Waals surface area contributed by atoms with Crippen LogP contribution in [0, 0.1) is 20.8 Å². The summed E-state index contributed by atoms with van der Waals surface area (Å²) in [5.41, 5.74) is 3.66. The molecule has 0 spiro atoms. The lowest BCUT2D eigenvalue weighted by atomic mass is 10.1. The van der Waals surface area contributed by atoms with E-state index in [-0.39, 0.29) is 0 Å². The van der Waals surface area contributed by atoms with Crippen molar-refractivity contribution < 1.29 is 0 Å². The second-order valence-electron chi connectivity index (χ2n) is 4.66. The van der Waals surface area contributed by atoms with Gasteiger partial charge in [0, 0.05) is 29.7 Å². The minimum Gasteiger partial charge on any atom is -0.135 e. The number of thiophene rings is 1. The van der Waals surface area contributed by atoms with E-state index in [0.29, 0.717) is 0 Å². The Hall–Kier alpha value is -0.570. The van der Waals surface area contributed by atoms with Crippen molar-refractivity contribution in [2.45, 2.75) is 20.8 Å². The summed E-state index contributed by atoms with van der Waals surface area (Å²) in [6, 6.07) is 6.53. The van der Waals surface area contributed by atoms with Gasteiger partial charge in [0.1, 0.15) is 0 Å². The highest BCUT2D eigenvalue weighted by Crippen LogP contribution is 2.42. The van der Waals surface area contributed by atoms with Crippen molar-refractivity contribution in [1.29, 1.82) is 0 Å². The molecule has 92 valence electrons. The largest absolute Gasteiger partial charge is 0.135 e. The summed E-state index contributed by atoms with van der Waals surface area (Å²) in [5.74, 6) is 0. The highest BCUT2D eigenvalue weighted by atomic mass is 79.9. The molecule has 0 amide bonds. The van der Waals surface area contributed by atoms with Gasteiger partial charge in [-0.15, -0.1) is 11.3 Å². The molecular formula is C15H12BrClS. The zero-order valence-electron chi connectivity index (χ0n) is 10.4. The predicted octanol–water partition coefficient (Wildman–Crippen LogP) is 6.40. The molecule has 0 aliphatic rings. The van der Waals surface area contributed by atoms with Gasteiger partial charge >= 0.3 is 0 Å². The molecule has 0 saturated carbocycles. The van der Waals surface area contributed by atoms with Crippen LogP contribution >= 0.6 is 38.9 Å². The number of hydrogen-bond acceptors (Lipinski definition) is 1. The Kier molecular flexibility index (Phi) is 2.92. The van der Waals surface area contributed by atoms with Crippen LogP contribution in [-0.4, -0.2) is 0 Å². The summed E-state index contributed by atoms with van der Waals surface area (Å²) >= 11 is 11.8. The first-order chi connectivity index (χ1) is 8.50. The van der Waals surface area contributed by atoms with Crippen molar-refractivity contribution in [1.82, 2.24) is 0 Å². The Morgan fingerprint density at radius 2 is 1.67 bits per heavy atom. The van der Waals surface area contributed by atoms with E-state index in [1.165, 1.54) is 35.8 Å². The lowest BCUT2D eigenvalue weighted by Gasteiger charge is -2.03. The monoisotopic (exact) mass is 338 g/mol. The topological polar surface area (TPSA) is 0 Å². The molecule has 18 heavy (non-hydrogen) atoms. The summed E-state index contributed by atoms with van der Waals surface area (Å²) in [7, 11) is 0. The third-order valence-electron chi connectivity index (χ3n) is 3.46. The van der Waals surface area contributed by atoms with Gasteiger partial charge in [0.2, 0.25) is 0 Å². The summed E-state index contributed by atoms with van der Waals surface area (Å²) in [6.07, 6.45) is 0. The van der Waals surface area contributed by atoms with Crippen LogP contribution in [0.4, 0.5) is 0 Å². The molecule has 3 aromatic rings. The fraction of sp³-hybridized carbons (Fsp3) is 0.200. The van der Waals surface area contributed by atoms with Crippen LogP contribution in [0.1, 0.15) is 16.7 Å². The molecule has 0 aliphatic carbocycles. The van der Waals surface area contributed by atoms with Crippen molar-refractivity contribution in [3.8, 4) is 0 Å². The molecule has 0 aliphatic heterocycles. The van der Waals surface area contributed by atoms with Gasteiger partial charge in [-0.1, -0.05) is 33.6 Å². The smallest absolute Gasteiger partial charge is 0.0478 e. The van der Waals surface area contributed by atoms with Gasteiger partial charge in [-0.05, 0) is 49.6 Å². The van der Waals surface area contributed by atoms with Crippen molar-refractivity contribution in [2.24, 2.45) is 0 Å². The first-order valence-electron chi connectivity index (χ1n) is 5.77. The first-order valence-corrected chi connectivity index (χ1v) is 7.76. The van der Waals surface area contributed by atoms with Crippen molar-refractivity contribution in [2.75, 3.05) is 0 Å². The SMILES string of the molecule is Cc1cc2c(sc3c(C)c(Br)ccc32)c(C)c1Cl. The van der Waals surface area contributed by atoms with E-state index in [0.717, 1.165) is 10.6 Å². The van der Waals surface area contributed by atoms with Gasteiger partial charge in [-0.2, -0.15) is 0 Å². The summed E-state index contributed by atoms with van der Waals surface area (Å²) in [4.78, 5) is 0. The number of aryl methyl sites for hydroxylation is 3. The maximum atomic E-state index is 6.35. The number of hydrogen-bond donors (Lipinski definition) is 0. The molecule has 0 atom stereocenters. The lowest BCUT2D eigenvalue weighted by Crippen LogP contribution is -1.81. The second-order valence-corrected chi connectivity index (χ2v) is 6.91. The first kappa shape index (κ1) is 12.5. The van der Waals surface area contributed by atoms with E-state index in [9.17, 15) is 0 Å². The Balaban J connectivity index is 2.59. The maximum absolute atomic E-state index is 6.35. The number of rotatable bonds is 0. The van der Waals surface area contributed by atoms with Gasteiger partial charge in [0.15, 0.2) is 0 Å². The van der Waals surface area contributed by atoms with Gasteiger partial charge in [0.05, 0.1) is 0 Å². The number of halogens is 2. The Morgan fingerprint density at radius 3 is 2.39 bits per heavy atom. The third-order valence-corrected chi connectivity index (χ3v) is 6.36. The van der Waals surface area contributed by atoms with E-state index in [1.54, 1.807) is 0 Å². The van der Waals surface area contributed by atoms with E-state index in [4.69, 9.17) is 11.6 Å². The minimum atomic E-state index is 0.894. The van der Waals surface area contributed by atoms with Crippen molar-refractivity contribution in [3.05, 3.63) is 44.4 Å². The average Bonchev–Trinajstić information content (AvgIpc) is 2.71. The Labute approximate surface area is 124 Å². The van der Waals surface area contributed by atoms with Crippen LogP contribution in [0.3, 0.4) is 0 Å². The Bertz CT molecular complexity index is 786. The summed E-state index contributed by atoms with van der Waals surface area (Å²) in [5, 5.41) is 3.55. The number of fused-ring (bicyclic) bond motifs is 3. The lowest BCUT2D eigenvalue weighted by molar-refractivity contribution is 1.44. The van der Waals surface area contributed by atoms with Crippen molar-refractivity contribution >= 4 is 59.0 Å². The van der Waals surface area contributed by atoms with Gasteiger partial charge in [-0.25, -0.2) is 0 Å². The van der Waals surface area contributed by atoms with Crippen LogP contribution in [-0.2, 0) is 0 Å². The molecule has 3 rings (SSSR count). The molecule has 3 heteroatoms. The zero-order valence-corrected chi connectivity index (χ0v) is 13.6. The highest BCUT2D eigenvalue weighted by molar-refractivity contribution is 9.10. The molecule has 2 aromatic carbocycles. The quantitative estimate of drug-likeness (QED) is 0.445. The van der Waals surface area contributed by atoms with Gasteiger partial charge in [-0.3, -0.25) is 0 Å². The van der Waals surface area contributed by atoms with Crippen LogP contribution < -0.4 is 0 Å². The van der Waals surface area contributed by atoms with E-state index in [1.807, 2.05) is 11.3 Å². The minimum absolute atomic E-state index is 0.894. The van der Waals surface area contributed by atoms with Crippen LogP contribution in [0.5, 0.6) is 0 Å². The predicted molar refractivity (Wildman–Crippen MR) is 86.3 cm³/mol. The van der Waals surface area contributed by atoms with E-state index < -0.39 is 0 Å². The highest BCUT2D eigenvalue weighted by Gasteiger charge is 2.13. The van der Waals surface area contributed by atoms with E-state index in [2.05, 4.69) is 54.9 Å². The summed E-state index contributed by atoms with van der Waals surface area (Å²) in [6.45, 7) is 6.34. The normalized spacial score (nSPS) is 11.6. The Morgan fingerprint density at radius 1 is 1.00 bits per heavy atom. The molecule has 0 N–H and O–H groups in total.